The first-order valence-corrected chi connectivity index (χ1v) is 16.0. The van der Waals surface area contributed by atoms with Gasteiger partial charge in [-0.25, -0.2) is 13.1 Å². The molecule has 5 N–H and O–H groups in total. The van der Waals surface area contributed by atoms with Crippen molar-refractivity contribution >= 4 is 60.6 Å². The topological polar surface area (TPSA) is 141 Å². The molecule has 0 radical (unpaired) electrons. The van der Waals surface area contributed by atoms with Crippen LogP contribution in [-0.4, -0.2) is 81.1 Å². The number of fused-ring (bicyclic) bond motifs is 4. The molecule has 10 nitrogen and oxygen atoms in total. The van der Waals surface area contributed by atoms with Crippen LogP contribution in [0.3, 0.4) is 0 Å². The molecule has 2 heterocycles. The van der Waals surface area contributed by atoms with Crippen molar-refractivity contribution in [3.8, 4) is 5.75 Å². The fraction of sp³-hybridized carbons (Fsp3) is 0.367. The summed E-state index contributed by atoms with van der Waals surface area (Å²) in [6, 6.07) is 14.0. The molecule has 1 atom stereocenters. The van der Waals surface area contributed by atoms with Crippen LogP contribution in [0.2, 0.25) is 0 Å². The number of hydrogen-bond acceptors (Lipinski definition) is 7. The van der Waals surface area contributed by atoms with Gasteiger partial charge in [-0.2, -0.15) is 0 Å². The van der Waals surface area contributed by atoms with Crippen LogP contribution in [0.5, 0.6) is 5.75 Å². The second-order valence-corrected chi connectivity index (χ2v) is 12.4. The fourth-order valence-electron chi connectivity index (χ4n) is 5.54. The average molecular weight is 614 g/mol. The zero-order chi connectivity index (χ0) is 30.0. The van der Waals surface area contributed by atoms with Crippen molar-refractivity contribution in [2.75, 3.05) is 62.5 Å². The quantitative estimate of drug-likeness (QED) is 0.140. The Balaban J connectivity index is 1.44. The maximum absolute atomic E-state index is 13.8. The zero-order valence-corrected chi connectivity index (χ0v) is 25.3. The van der Waals surface area contributed by atoms with Crippen LogP contribution >= 0.6 is 11.6 Å². The number of anilines is 2. The number of nitrogens with one attached hydrogen (secondary N) is 2. The highest BCUT2D eigenvalue weighted by atomic mass is 35.5. The molecular weight excluding hydrogens is 578 g/mol. The summed E-state index contributed by atoms with van der Waals surface area (Å²) in [4.78, 5) is 21.1. The molecule has 1 unspecified atom stereocenters. The number of likely N-dealkylation sites (N-methyl/N-ethyl adjacent to an activating group) is 1. The third-order valence-corrected chi connectivity index (χ3v) is 9.63. The molecule has 1 amide bonds. The van der Waals surface area contributed by atoms with E-state index in [-0.39, 0.29) is 35.8 Å². The number of alkyl halides is 1. The summed E-state index contributed by atoms with van der Waals surface area (Å²) in [6.07, 6.45) is 0. The lowest BCUT2D eigenvalue weighted by atomic mass is 9.95. The third kappa shape index (κ3) is 5.80. The molecule has 0 aliphatic carbocycles. The summed E-state index contributed by atoms with van der Waals surface area (Å²) in [5, 5.41) is 11.2. The van der Waals surface area contributed by atoms with Crippen LogP contribution in [0.4, 0.5) is 11.4 Å². The van der Waals surface area contributed by atoms with Crippen molar-refractivity contribution in [2.45, 2.75) is 24.7 Å². The minimum Gasteiger partial charge on any atom is -0.492 e. The predicted octanol–water partition coefficient (Wildman–Crippen LogP) is 3.88. The second kappa shape index (κ2) is 12.5. The minimum absolute atomic E-state index is 0.0398. The van der Waals surface area contributed by atoms with Gasteiger partial charge < -0.3 is 30.4 Å². The lowest BCUT2D eigenvalue weighted by molar-refractivity contribution is 0.0984. The van der Waals surface area contributed by atoms with Gasteiger partial charge in [-0.3, -0.25) is 4.79 Å². The van der Waals surface area contributed by atoms with Crippen molar-refractivity contribution in [2.24, 2.45) is 0 Å². The van der Waals surface area contributed by atoms with Crippen molar-refractivity contribution in [1.29, 1.82) is 0 Å². The Morgan fingerprint density at radius 3 is 2.67 bits per heavy atom. The Labute approximate surface area is 250 Å². The van der Waals surface area contributed by atoms with Crippen LogP contribution in [0.1, 0.15) is 35.8 Å². The summed E-state index contributed by atoms with van der Waals surface area (Å²) in [6.45, 7) is 7.57. The number of nitrogens with zero attached hydrogens (tertiary/aromatic N) is 2. The van der Waals surface area contributed by atoms with Crippen LogP contribution < -0.4 is 20.1 Å². The van der Waals surface area contributed by atoms with Crippen LogP contribution in [0.25, 0.3) is 21.7 Å². The number of benzene rings is 3. The highest BCUT2D eigenvalue weighted by molar-refractivity contribution is 7.89. The maximum Gasteiger partial charge on any atom is 0.274 e. The molecule has 0 spiro atoms. The Morgan fingerprint density at radius 1 is 1.17 bits per heavy atom. The number of carbonyl (C=O) groups is 1. The first kappa shape index (κ1) is 30.1. The van der Waals surface area contributed by atoms with Crippen molar-refractivity contribution in [1.82, 2.24) is 14.6 Å². The number of aromatic nitrogens is 1. The number of nitrogen functional groups attached to an aromatic ring is 1. The Bertz CT molecular complexity index is 1720. The summed E-state index contributed by atoms with van der Waals surface area (Å²) in [5.74, 6) is 0.636. The highest BCUT2D eigenvalue weighted by Gasteiger charge is 2.35. The number of carbonyl (C=O) groups excluding carboxylic acids is 1. The van der Waals surface area contributed by atoms with Gasteiger partial charge in [0.2, 0.25) is 10.0 Å². The van der Waals surface area contributed by atoms with Gasteiger partial charge in [0.05, 0.1) is 17.2 Å². The third-order valence-electron chi connectivity index (χ3n) is 7.80. The van der Waals surface area contributed by atoms with E-state index < -0.39 is 10.0 Å². The first-order chi connectivity index (χ1) is 20.2. The molecule has 5 rings (SSSR count). The van der Waals surface area contributed by atoms with Gasteiger partial charge in [-0.15, -0.1) is 11.6 Å². The Kier molecular flexibility index (Phi) is 8.95. The molecule has 0 saturated heterocycles. The number of H-pyrrole nitrogens is 1. The number of halogens is 1. The predicted molar refractivity (Wildman–Crippen MR) is 167 cm³/mol. The summed E-state index contributed by atoms with van der Waals surface area (Å²) < 4.78 is 33.6. The lowest BCUT2D eigenvalue weighted by Gasteiger charge is -2.18. The van der Waals surface area contributed by atoms with Crippen LogP contribution in [0.15, 0.2) is 53.4 Å². The van der Waals surface area contributed by atoms with Gasteiger partial charge in [0, 0.05) is 53.4 Å². The van der Waals surface area contributed by atoms with E-state index in [4.69, 9.17) is 27.2 Å². The van der Waals surface area contributed by atoms with Crippen molar-refractivity contribution in [3.63, 3.8) is 0 Å². The molecule has 1 aliphatic heterocycles. The summed E-state index contributed by atoms with van der Waals surface area (Å²) in [7, 11) is -3.82. The zero-order valence-electron chi connectivity index (χ0n) is 23.7. The molecule has 1 aromatic heterocycles. The largest absolute Gasteiger partial charge is 0.492 e. The Hall–Kier alpha value is -3.35. The monoisotopic (exact) mass is 613 g/mol. The second-order valence-electron chi connectivity index (χ2n) is 10.3. The molecule has 12 heteroatoms. The first-order valence-electron chi connectivity index (χ1n) is 14.0. The number of aliphatic hydroxyl groups excluding tert-OH is 1. The number of rotatable bonds is 12. The van der Waals surface area contributed by atoms with Gasteiger partial charge in [-0.05, 0) is 66.5 Å². The standard InChI is InChI=1S/C30H36ClN5O5S/c1-3-35(4-2)10-12-41-21-5-8-26-19(13-21)14-27(34-26)30(38)36-18-20(17-31)29-23-7-6-22(42(39,40)33-9-11-37)15-24(23)25(32)16-28(29)36/h5-8,13-16,20,33-34,37H,3-4,9-12,17-18,32H2,1-2H3. The van der Waals surface area contributed by atoms with Crippen molar-refractivity contribution < 1.29 is 23.1 Å². The van der Waals surface area contributed by atoms with E-state index in [1.807, 2.05) is 24.3 Å². The van der Waals surface area contributed by atoms with E-state index in [0.29, 0.717) is 35.6 Å². The summed E-state index contributed by atoms with van der Waals surface area (Å²) in [5.41, 5.74) is 9.55. The fourth-order valence-corrected chi connectivity index (χ4v) is 6.84. The Morgan fingerprint density at radius 2 is 1.95 bits per heavy atom. The van der Waals surface area contributed by atoms with E-state index >= 15 is 0 Å². The van der Waals surface area contributed by atoms with Crippen LogP contribution in [0, 0.1) is 0 Å². The molecule has 42 heavy (non-hydrogen) atoms. The number of amides is 1. The molecule has 4 aromatic rings. The number of hydrogen-bond donors (Lipinski definition) is 4. The molecular formula is C30H36ClN5O5S. The van der Waals surface area contributed by atoms with Gasteiger partial charge in [0.25, 0.3) is 5.91 Å². The van der Waals surface area contributed by atoms with Gasteiger partial charge in [0.15, 0.2) is 0 Å². The number of sulfonamides is 1. The highest BCUT2D eigenvalue weighted by Crippen LogP contribution is 2.45. The normalized spacial score (nSPS) is 15.2. The number of aliphatic hydroxyl groups is 1. The van der Waals surface area contributed by atoms with Crippen LogP contribution in [-0.2, 0) is 10.0 Å². The van der Waals surface area contributed by atoms with Gasteiger partial charge >= 0.3 is 0 Å². The number of nitrogens with two attached hydrogens (primary N) is 1. The van der Waals surface area contributed by atoms with E-state index in [9.17, 15) is 13.2 Å². The van der Waals surface area contributed by atoms with Gasteiger partial charge in [-0.1, -0.05) is 19.9 Å². The molecule has 1 aliphatic rings. The van der Waals surface area contributed by atoms with E-state index in [2.05, 4.69) is 28.5 Å². The number of ether oxygens (including phenoxy) is 1. The maximum atomic E-state index is 13.8. The smallest absolute Gasteiger partial charge is 0.274 e. The molecule has 0 saturated carbocycles. The molecule has 0 bridgehead atoms. The lowest BCUT2D eigenvalue weighted by Crippen LogP contribution is -2.30. The summed E-state index contributed by atoms with van der Waals surface area (Å²) >= 11 is 6.39. The molecule has 0 fully saturated rings. The van der Waals surface area contributed by atoms with Crippen molar-refractivity contribution in [3.05, 3.63) is 59.8 Å². The minimum atomic E-state index is -3.82. The average Bonchev–Trinajstić information content (AvgIpc) is 3.59. The van der Waals surface area contributed by atoms with E-state index in [1.54, 1.807) is 17.0 Å². The molecule has 3 aromatic carbocycles. The van der Waals surface area contributed by atoms with Gasteiger partial charge in [0.1, 0.15) is 18.1 Å². The molecule has 224 valence electrons. The SMILES string of the molecule is CCN(CC)CCOc1ccc2[nH]c(C(=O)N3CC(CCl)c4c3cc(N)c3cc(S(=O)(=O)NCCO)ccc43)cc2c1. The number of aromatic amines is 1. The van der Waals surface area contributed by atoms with E-state index in [1.165, 1.54) is 12.1 Å². The van der Waals surface area contributed by atoms with E-state index in [0.717, 1.165) is 47.2 Å².